The van der Waals surface area contributed by atoms with E-state index in [0.29, 0.717) is 24.6 Å². The van der Waals surface area contributed by atoms with Crippen LogP contribution in [-0.2, 0) is 11.3 Å². The molecule has 1 aromatic carbocycles. The number of halogens is 2. The van der Waals surface area contributed by atoms with Gasteiger partial charge in [-0.15, -0.1) is 24.8 Å². The van der Waals surface area contributed by atoms with Crippen molar-refractivity contribution in [2.45, 2.75) is 32.2 Å². The van der Waals surface area contributed by atoms with Crippen molar-refractivity contribution >= 4 is 36.8 Å². The summed E-state index contributed by atoms with van der Waals surface area (Å²) in [7, 11) is 0. The Morgan fingerprint density at radius 2 is 1.46 bits per heavy atom. The van der Waals surface area contributed by atoms with Crippen molar-refractivity contribution in [1.29, 1.82) is 0 Å². The third-order valence-corrected chi connectivity index (χ3v) is 3.97. The van der Waals surface area contributed by atoms with E-state index >= 15 is 0 Å². The number of aromatic carboxylic acids is 1. The molecule has 6 N–H and O–H groups in total. The molecule has 24 heavy (non-hydrogen) atoms. The third kappa shape index (κ3) is 8.49. The quantitative estimate of drug-likeness (QED) is 0.635. The smallest absolute Gasteiger partial charge is 0.335 e. The van der Waals surface area contributed by atoms with Crippen molar-refractivity contribution < 1.29 is 19.8 Å². The van der Waals surface area contributed by atoms with Crippen molar-refractivity contribution in [2.24, 2.45) is 23.3 Å². The lowest BCUT2D eigenvalue weighted by Crippen LogP contribution is -2.25. The van der Waals surface area contributed by atoms with Gasteiger partial charge in [-0.2, -0.15) is 0 Å². The molecule has 0 bridgehead atoms. The van der Waals surface area contributed by atoms with E-state index < -0.39 is 11.9 Å². The summed E-state index contributed by atoms with van der Waals surface area (Å²) in [5.41, 5.74) is 12.0. The van der Waals surface area contributed by atoms with E-state index in [9.17, 15) is 9.59 Å². The van der Waals surface area contributed by atoms with E-state index in [2.05, 4.69) is 0 Å². The van der Waals surface area contributed by atoms with Crippen LogP contribution in [0, 0.1) is 11.8 Å². The molecule has 6 nitrogen and oxygen atoms in total. The summed E-state index contributed by atoms with van der Waals surface area (Å²) in [6.07, 6.45) is 3.62. The van der Waals surface area contributed by atoms with Gasteiger partial charge in [0.25, 0.3) is 0 Å². The first-order valence-electron chi connectivity index (χ1n) is 7.43. The van der Waals surface area contributed by atoms with E-state index in [0.717, 1.165) is 31.2 Å². The first-order chi connectivity index (χ1) is 10.5. The second kappa shape index (κ2) is 13.0. The molecule has 138 valence electrons. The Hall–Kier alpha value is -1.34. The van der Waals surface area contributed by atoms with E-state index in [1.165, 1.54) is 0 Å². The average Bonchev–Trinajstić information content (AvgIpc) is 2.55. The number of carbonyl (C=O) groups is 2. The molecule has 0 aliphatic heterocycles. The van der Waals surface area contributed by atoms with Gasteiger partial charge in [-0.25, -0.2) is 4.79 Å². The number of carboxylic acids is 2. The van der Waals surface area contributed by atoms with Gasteiger partial charge in [0, 0.05) is 6.54 Å². The van der Waals surface area contributed by atoms with E-state index in [4.69, 9.17) is 21.7 Å². The Bertz CT molecular complexity index is 489. The number of aliphatic carboxylic acids is 1. The number of carboxylic acid groups (broad SMARTS) is 2. The van der Waals surface area contributed by atoms with Crippen LogP contribution >= 0.6 is 24.8 Å². The summed E-state index contributed by atoms with van der Waals surface area (Å²) in [6.45, 7) is 1.16. The molecule has 1 fully saturated rings. The van der Waals surface area contributed by atoms with Crippen LogP contribution in [0.1, 0.15) is 41.6 Å². The zero-order valence-electron chi connectivity index (χ0n) is 13.4. The van der Waals surface area contributed by atoms with Crippen LogP contribution in [-0.4, -0.2) is 28.7 Å². The fourth-order valence-electron chi connectivity index (χ4n) is 2.43. The van der Waals surface area contributed by atoms with Crippen molar-refractivity contribution in [3.8, 4) is 0 Å². The van der Waals surface area contributed by atoms with Crippen LogP contribution < -0.4 is 11.5 Å². The van der Waals surface area contributed by atoms with Crippen molar-refractivity contribution in [2.75, 3.05) is 6.54 Å². The van der Waals surface area contributed by atoms with Crippen LogP contribution in [0.15, 0.2) is 24.3 Å². The lowest BCUT2D eigenvalue weighted by Gasteiger charge is -2.24. The molecule has 0 saturated heterocycles. The van der Waals surface area contributed by atoms with Gasteiger partial charge in [-0.3, -0.25) is 4.79 Å². The topological polar surface area (TPSA) is 127 Å². The molecule has 0 heterocycles. The van der Waals surface area contributed by atoms with Gasteiger partial charge < -0.3 is 21.7 Å². The number of hydrogen-bond donors (Lipinski definition) is 4. The minimum absolute atomic E-state index is 0. The fraction of sp³-hybridized carbons (Fsp3) is 0.500. The number of nitrogens with two attached hydrogens (primary N) is 2. The van der Waals surface area contributed by atoms with E-state index in [-0.39, 0.29) is 30.7 Å². The van der Waals surface area contributed by atoms with E-state index in [1.54, 1.807) is 24.3 Å². The summed E-state index contributed by atoms with van der Waals surface area (Å²) in [6, 6.07) is 6.52. The lowest BCUT2D eigenvalue weighted by molar-refractivity contribution is -0.143. The van der Waals surface area contributed by atoms with Crippen molar-refractivity contribution in [3.05, 3.63) is 35.4 Å². The molecule has 8 heteroatoms. The molecule has 0 atom stereocenters. The molecular weight excluding hydrogens is 355 g/mol. The highest BCUT2D eigenvalue weighted by Gasteiger charge is 2.24. The second-order valence-electron chi connectivity index (χ2n) is 5.50. The molecule has 0 radical (unpaired) electrons. The molecule has 0 aromatic heterocycles. The van der Waals surface area contributed by atoms with Gasteiger partial charge in [0.15, 0.2) is 0 Å². The Balaban J connectivity index is 0. The highest BCUT2D eigenvalue weighted by molar-refractivity contribution is 5.87. The van der Waals surface area contributed by atoms with Crippen molar-refractivity contribution in [3.63, 3.8) is 0 Å². The normalized spacial score (nSPS) is 18.9. The molecular formula is C16H26Cl2N2O4. The van der Waals surface area contributed by atoms with Crippen LogP contribution in [0.3, 0.4) is 0 Å². The summed E-state index contributed by atoms with van der Waals surface area (Å²) in [5.74, 6) is -1.07. The number of benzene rings is 1. The molecule has 1 aliphatic carbocycles. The monoisotopic (exact) mass is 380 g/mol. The van der Waals surface area contributed by atoms with E-state index in [1.807, 2.05) is 0 Å². The maximum Gasteiger partial charge on any atom is 0.335 e. The molecule has 0 unspecified atom stereocenters. The molecule has 2 rings (SSSR count). The fourth-order valence-corrected chi connectivity index (χ4v) is 2.43. The average molecular weight is 381 g/mol. The Kier molecular flexibility index (Phi) is 13.5. The van der Waals surface area contributed by atoms with Gasteiger partial charge in [-0.1, -0.05) is 12.1 Å². The number of hydrogen-bond acceptors (Lipinski definition) is 4. The lowest BCUT2D eigenvalue weighted by atomic mass is 9.82. The molecule has 1 aromatic rings. The largest absolute Gasteiger partial charge is 0.481 e. The van der Waals surface area contributed by atoms with Crippen LogP contribution in [0.5, 0.6) is 0 Å². The minimum atomic E-state index is -0.909. The SMILES string of the molecule is Cl.Cl.NCC1CCC(C(=O)O)CC1.NCc1ccc(C(=O)O)cc1. The summed E-state index contributed by atoms with van der Waals surface area (Å²) >= 11 is 0. The van der Waals surface area contributed by atoms with Gasteiger partial charge >= 0.3 is 11.9 Å². The zero-order valence-corrected chi connectivity index (χ0v) is 15.0. The third-order valence-electron chi connectivity index (χ3n) is 3.97. The first kappa shape index (κ1) is 24.9. The Labute approximate surface area is 154 Å². The highest BCUT2D eigenvalue weighted by Crippen LogP contribution is 2.27. The van der Waals surface area contributed by atoms with Crippen LogP contribution in [0.25, 0.3) is 0 Å². The maximum atomic E-state index is 10.5. The first-order valence-corrected chi connectivity index (χ1v) is 7.43. The predicted molar refractivity (Wildman–Crippen MR) is 97.9 cm³/mol. The minimum Gasteiger partial charge on any atom is -0.481 e. The Morgan fingerprint density at radius 3 is 1.79 bits per heavy atom. The molecule has 0 spiro atoms. The van der Waals surface area contributed by atoms with Crippen LogP contribution in [0.2, 0.25) is 0 Å². The number of rotatable bonds is 4. The maximum absolute atomic E-state index is 10.5. The van der Waals surface area contributed by atoms with Gasteiger partial charge in [0.1, 0.15) is 0 Å². The standard InChI is InChI=1S/C8H15NO2.C8H9NO2.2ClH/c2*9-5-6-1-3-7(4-2-6)8(10)11;;/h6-7H,1-5,9H2,(H,10,11);1-4H,5,9H2,(H,10,11);2*1H. The van der Waals surface area contributed by atoms with Gasteiger partial charge in [-0.05, 0) is 55.8 Å². The summed E-state index contributed by atoms with van der Waals surface area (Å²) in [5, 5.41) is 17.2. The molecule has 1 saturated carbocycles. The van der Waals surface area contributed by atoms with Crippen molar-refractivity contribution in [1.82, 2.24) is 0 Å². The second-order valence-corrected chi connectivity index (χ2v) is 5.50. The molecule has 1 aliphatic rings. The predicted octanol–water partition coefficient (Wildman–Crippen LogP) is 2.52. The summed E-state index contributed by atoms with van der Waals surface area (Å²) in [4.78, 5) is 20.9. The van der Waals surface area contributed by atoms with Gasteiger partial charge in [0.05, 0.1) is 11.5 Å². The summed E-state index contributed by atoms with van der Waals surface area (Å²) < 4.78 is 0. The Morgan fingerprint density at radius 1 is 0.958 bits per heavy atom. The van der Waals surface area contributed by atoms with Crippen LogP contribution in [0.4, 0.5) is 0 Å². The van der Waals surface area contributed by atoms with Gasteiger partial charge in [0.2, 0.25) is 0 Å². The highest BCUT2D eigenvalue weighted by atomic mass is 35.5. The molecule has 0 amide bonds. The zero-order chi connectivity index (χ0) is 16.5.